The largest absolute Gasteiger partial charge is 0.488 e. The van der Waals surface area contributed by atoms with Crippen LogP contribution in [0, 0.1) is 0 Å². The number of hydrogen-bond donors (Lipinski definition) is 1. The lowest BCUT2D eigenvalue weighted by Gasteiger charge is -2.11. The fourth-order valence-electron chi connectivity index (χ4n) is 2.49. The van der Waals surface area contributed by atoms with Gasteiger partial charge < -0.3 is 4.74 Å². The molecular formula is C22H18Cl2N2O2S. The predicted octanol–water partition coefficient (Wildman–Crippen LogP) is 6.06. The van der Waals surface area contributed by atoms with Crippen LogP contribution in [0.2, 0.25) is 10.0 Å². The fraction of sp³-hybridized carbons (Fsp3) is 0.0909. The molecule has 0 atom stereocenters. The van der Waals surface area contributed by atoms with Gasteiger partial charge in [0.05, 0.1) is 11.8 Å². The number of carbonyl (C=O) groups excluding carboxylic acids is 1. The molecule has 1 amide bonds. The SMILES string of the molecule is CSc1ccc(/C=N/NC(=O)c2ccccc2OCc2ccc(Cl)cc2Cl)cc1. The van der Waals surface area contributed by atoms with Gasteiger partial charge in [-0.15, -0.1) is 11.8 Å². The molecule has 29 heavy (non-hydrogen) atoms. The number of amides is 1. The first-order valence-corrected chi connectivity index (χ1v) is 10.7. The van der Waals surface area contributed by atoms with E-state index in [-0.39, 0.29) is 12.5 Å². The van der Waals surface area contributed by atoms with E-state index in [1.807, 2.05) is 30.5 Å². The summed E-state index contributed by atoms with van der Waals surface area (Å²) in [7, 11) is 0. The second kappa shape index (κ2) is 10.3. The lowest BCUT2D eigenvalue weighted by molar-refractivity contribution is 0.0950. The Hall–Kier alpha value is -2.47. The van der Waals surface area contributed by atoms with Crippen molar-refractivity contribution in [2.75, 3.05) is 6.26 Å². The van der Waals surface area contributed by atoms with Gasteiger partial charge in [-0.2, -0.15) is 5.10 Å². The van der Waals surface area contributed by atoms with E-state index in [1.54, 1.807) is 60.4 Å². The Balaban J connectivity index is 1.65. The maximum atomic E-state index is 12.5. The van der Waals surface area contributed by atoms with Crippen LogP contribution in [-0.2, 0) is 6.61 Å². The number of ether oxygens (including phenoxy) is 1. The molecule has 148 valence electrons. The molecule has 0 aromatic heterocycles. The van der Waals surface area contributed by atoms with Gasteiger partial charge in [-0.3, -0.25) is 4.79 Å². The van der Waals surface area contributed by atoms with Crippen molar-refractivity contribution in [2.24, 2.45) is 5.10 Å². The molecule has 0 aliphatic rings. The molecule has 0 heterocycles. The van der Waals surface area contributed by atoms with E-state index in [9.17, 15) is 4.79 Å². The normalized spacial score (nSPS) is 10.9. The van der Waals surface area contributed by atoms with Crippen molar-refractivity contribution in [1.82, 2.24) is 5.43 Å². The fourth-order valence-corrected chi connectivity index (χ4v) is 3.36. The van der Waals surface area contributed by atoms with Crippen LogP contribution in [0.4, 0.5) is 0 Å². The second-order valence-corrected chi connectivity index (χ2v) is 7.72. The van der Waals surface area contributed by atoms with E-state index in [4.69, 9.17) is 27.9 Å². The molecule has 0 saturated heterocycles. The van der Waals surface area contributed by atoms with E-state index in [2.05, 4.69) is 10.5 Å². The highest BCUT2D eigenvalue weighted by Crippen LogP contribution is 2.24. The van der Waals surface area contributed by atoms with Gasteiger partial charge in [0.25, 0.3) is 5.91 Å². The lowest BCUT2D eigenvalue weighted by atomic mass is 10.2. The number of halogens is 2. The maximum absolute atomic E-state index is 12.5. The molecule has 0 spiro atoms. The highest BCUT2D eigenvalue weighted by molar-refractivity contribution is 7.98. The van der Waals surface area contributed by atoms with Crippen LogP contribution in [0.1, 0.15) is 21.5 Å². The zero-order valence-corrected chi connectivity index (χ0v) is 17.9. The number of nitrogens with zero attached hydrogens (tertiary/aromatic N) is 1. The summed E-state index contributed by atoms with van der Waals surface area (Å²) in [5, 5.41) is 5.10. The number of benzene rings is 3. The monoisotopic (exact) mass is 444 g/mol. The van der Waals surface area contributed by atoms with Crippen LogP contribution < -0.4 is 10.2 Å². The minimum absolute atomic E-state index is 0.214. The predicted molar refractivity (Wildman–Crippen MR) is 121 cm³/mol. The van der Waals surface area contributed by atoms with Crippen molar-refractivity contribution in [2.45, 2.75) is 11.5 Å². The molecule has 3 aromatic carbocycles. The number of rotatable bonds is 7. The Morgan fingerprint density at radius 2 is 1.86 bits per heavy atom. The number of hydrazone groups is 1. The second-order valence-electron chi connectivity index (χ2n) is 5.99. The van der Waals surface area contributed by atoms with Gasteiger partial charge in [0, 0.05) is 20.5 Å². The van der Waals surface area contributed by atoms with Crippen LogP contribution in [0.15, 0.2) is 76.7 Å². The molecule has 0 saturated carbocycles. The minimum atomic E-state index is -0.361. The first-order valence-electron chi connectivity index (χ1n) is 8.70. The van der Waals surface area contributed by atoms with Gasteiger partial charge in [-0.1, -0.05) is 53.5 Å². The van der Waals surface area contributed by atoms with E-state index >= 15 is 0 Å². The molecular weight excluding hydrogens is 427 g/mol. The molecule has 0 bridgehead atoms. The lowest BCUT2D eigenvalue weighted by Crippen LogP contribution is -2.18. The molecule has 0 radical (unpaired) electrons. The summed E-state index contributed by atoms with van der Waals surface area (Å²) in [6, 6.07) is 20.0. The third-order valence-corrected chi connectivity index (χ3v) is 5.36. The number of hydrogen-bond acceptors (Lipinski definition) is 4. The molecule has 7 heteroatoms. The van der Waals surface area contributed by atoms with Crippen molar-refractivity contribution in [3.05, 3.63) is 93.5 Å². The maximum Gasteiger partial charge on any atom is 0.275 e. The van der Waals surface area contributed by atoms with Crippen LogP contribution in [0.3, 0.4) is 0 Å². The Morgan fingerprint density at radius 1 is 1.10 bits per heavy atom. The van der Waals surface area contributed by atoms with Gasteiger partial charge in [-0.25, -0.2) is 5.43 Å². The quantitative estimate of drug-likeness (QED) is 0.273. The van der Waals surface area contributed by atoms with E-state index < -0.39 is 0 Å². The van der Waals surface area contributed by atoms with Gasteiger partial charge in [0.2, 0.25) is 0 Å². The highest BCUT2D eigenvalue weighted by atomic mass is 35.5. The van der Waals surface area contributed by atoms with E-state index in [1.165, 1.54) is 0 Å². The Kier molecular flexibility index (Phi) is 7.58. The summed E-state index contributed by atoms with van der Waals surface area (Å²) in [5.41, 5.74) is 4.59. The Morgan fingerprint density at radius 3 is 2.59 bits per heavy atom. The number of carbonyl (C=O) groups is 1. The number of nitrogens with one attached hydrogen (secondary N) is 1. The third-order valence-electron chi connectivity index (χ3n) is 4.03. The van der Waals surface area contributed by atoms with Gasteiger partial charge in [0.15, 0.2) is 0 Å². The molecule has 3 aromatic rings. The topological polar surface area (TPSA) is 50.7 Å². The molecule has 0 unspecified atom stereocenters. The van der Waals surface area contributed by atoms with Gasteiger partial charge in [0.1, 0.15) is 12.4 Å². The summed E-state index contributed by atoms with van der Waals surface area (Å²) >= 11 is 13.8. The van der Waals surface area contributed by atoms with Crippen LogP contribution >= 0.6 is 35.0 Å². The minimum Gasteiger partial charge on any atom is -0.488 e. The van der Waals surface area contributed by atoms with Crippen LogP contribution in [0.25, 0.3) is 0 Å². The molecule has 1 N–H and O–H groups in total. The average molecular weight is 445 g/mol. The van der Waals surface area contributed by atoms with E-state index in [0.717, 1.165) is 16.0 Å². The summed E-state index contributed by atoms with van der Waals surface area (Å²) in [4.78, 5) is 13.7. The molecule has 3 rings (SSSR count). The summed E-state index contributed by atoms with van der Waals surface area (Å²) < 4.78 is 5.81. The summed E-state index contributed by atoms with van der Waals surface area (Å²) in [5.74, 6) is 0.0790. The van der Waals surface area contributed by atoms with Crippen molar-refractivity contribution in [1.29, 1.82) is 0 Å². The molecule has 0 aliphatic heterocycles. The average Bonchev–Trinajstić information content (AvgIpc) is 2.74. The molecule has 0 aliphatic carbocycles. The zero-order valence-electron chi connectivity index (χ0n) is 15.6. The van der Waals surface area contributed by atoms with Crippen LogP contribution in [0.5, 0.6) is 5.75 Å². The van der Waals surface area contributed by atoms with Crippen molar-refractivity contribution >= 4 is 47.1 Å². The number of para-hydroxylation sites is 1. The summed E-state index contributed by atoms with van der Waals surface area (Å²) in [6.45, 7) is 0.214. The third kappa shape index (κ3) is 6.00. The van der Waals surface area contributed by atoms with Crippen molar-refractivity contribution < 1.29 is 9.53 Å². The standard InChI is InChI=1S/C22H18Cl2N2O2S/c1-29-18-10-6-15(7-11-18)13-25-26-22(27)19-4-2-3-5-21(19)28-14-16-8-9-17(23)12-20(16)24/h2-13H,14H2,1H3,(H,26,27)/b25-13+. The number of thioether (sulfide) groups is 1. The van der Waals surface area contributed by atoms with Gasteiger partial charge in [-0.05, 0) is 48.2 Å². The Labute approximate surface area is 183 Å². The van der Waals surface area contributed by atoms with Gasteiger partial charge >= 0.3 is 0 Å². The van der Waals surface area contributed by atoms with Crippen LogP contribution in [-0.4, -0.2) is 18.4 Å². The zero-order chi connectivity index (χ0) is 20.6. The van der Waals surface area contributed by atoms with Crippen molar-refractivity contribution in [3.63, 3.8) is 0 Å². The molecule has 0 fully saturated rings. The van der Waals surface area contributed by atoms with Crippen molar-refractivity contribution in [3.8, 4) is 5.75 Å². The summed E-state index contributed by atoms with van der Waals surface area (Å²) in [6.07, 6.45) is 3.61. The highest BCUT2D eigenvalue weighted by Gasteiger charge is 2.12. The molecule has 4 nitrogen and oxygen atoms in total. The smallest absolute Gasteiger partial charge is 0.275 e. The first kappa shape index (κ1) is 21.2. The van der Waals surface area contributed by atoms with E-state index in [0.29, 0.717) is 21.4 Å². The Bertz CT molecular complexity index is 1020. The first-order chi connectivity index (χ1) is 14.1.